The van der Waals surface area contributed by atoms with E-state index >= 15 is 0 Å². The van der Waals surface area contributed by atoms with E-state index in [0.717, 1.165) is 46.3 Å². The Morgan fingerprint density at radius 2 is 1.55 bits per heavy atom. The summed E-state index contributed by atoms with van der Waals surface area (Å²) in [5.74, 6) is 1.97. The maximum atomic E-state index is 12.3. The van der Waals surface area contributed by atoms with E-state index in [2.05, 4.69) is 18.0 Å². The Hall–Kier alpha value is -5.04. The van der Waals surface area contributed by atoms with Crippen molar-refractivity contribution in [2.45, 2.75) is 32.6 Å². The quantitative estimate of drug-likeness (QED) is 0.125. The van der Waals surface area contributed by atoms with Crippen LogP contribution in [0.1, 0.15) is 40.5 Å². The van der Waals surface area contributed by atoms with Crippen molar-refractivity contribution in [1.29, 1.82) is 0 Å². The number of ether oxygens (including phenoxy) is 4. The van der Waals surface area contributed by atoms with Crippen molar-refractivity contribution in [2.24, 2.45) is 0 Å². The van der Waals surface area contributed by atoms with Gasteiger partial charge in [0.15, 0.2) is 0 Å². The van der Waals surface area contributed by atoms with E-state index in [4.69, 9.17) is 18.9 Å². The molecule has 1 N–H and O–H groups in total. The molecule has 4 aromatic carbocycles. The zero-order valence-electron chi connectivity index (χ0n) is 23.7. The number of esters is 2. The van der Waals surface area contributed by atoms with Gasteiger partial charge in [-0.15, -0.1) is 0 Å². The standard InChI is InChI=1S/C35H33NO6/c1-3-7-26-23-31(41-29-11-13-30(14-12-29)42-35(38)25-8-5-4-6-9-25)15-17-33(26)40-19-18-28-22-27-20-24(21-34(37)39-2)10-16-32(27)36-28/h4-6,8-17,20,22-23,36H,3,7,18-19,21H2,1-2H3. The Bertz CT molecular complexity index is 1660. The summed E-state index contributed by atoms with van der Waals surface area (Å²) in [4.78, 5) is 27.3. The maximum Gasteiger partial charge on any atom is 0.343 e. The van der Waals surface area contributed by atoms with Crippen LogP contribution in [-0.2, 0) is 28.8 Å². The van der Waals surface area contributed by atoms with E-state index < -0.39 is 5.97 Å². The first kappa shape index (κ1) is 28.5. The molecule has 0 spiro atoms. The minimum Gasteiger partial charge on any atom is -0.493 e. The molecule has 1 aromatic heterocycles. The van der Waals surface area contributed by atoms with Gasteiger partial charge in [-0.3, -0.25) is 4.79 Å². The predicted octanol–water partition coefficient (Wildman–Crippen LogP) is 7.47. The van der Waals surface area contributed by atoms with Gasteiger partial charge in [-0.25, -0.2) is 4.79 Å². The highest BCUT2D eigenvalue weighted by Gasteiger charge is 2.11. The highest BCUT2D eigenvalue weighted by molar-refractivity contribution is 5.91. The van der Waals surface area contributed by atoms with E-state index in [9.17, 15) is 9.59 Å². The first-order chi connectivity index (χ1) is 20.5. The first-order valence-corrected chi connectivity index (χ1v) is 14.0. The summed E-state index contributed by atoms with van der Waals surface area (Å²) in [6.07, 6.45) is 2.80. The van der Waals surface area contributed by atoms with Crippen LogP contribution < -0.4 is 14.2 Å². The molecule has 0 bridgehead atoms. The van der Waals surface area contributed by atoms with Gasteiger partial charge in [0.1, 0.15) is 23.0 Å². The average molecular weight is 564 g/mol. The molecule has 0 unspecified atom stereocenters. The van der Waals surface area contributed by atoms with Crippen LogP contribution in [0.15, 0.2) is 97.1 Å². The number of carbonyl (C=O) groups is 2. The molecule has 5 rings (SSSR count). The highest BCUT2D eigenvalue weighted by Crippen LogP contribution is 2.30. The predicted molar refractivity (Wildman–Crippen MR) is 162 cm³/mol. The lowest BCUT2D eigenvalue weighted by atomic mass is 10.1. The molecule has 7 heteroatoms. The maximum absolute atomic E-state index is 12.3. The van der Waals surface area contributed by atoms with Gasteiger partial charge < -0.3 is 23.9 Å². The second-order valence-corrected chi connectivity index (χ2v) is 9.92. The number of nitrogens with one attached hydrogen (secondary N) is 1. The lowest BCUT2D eigenvalue weighted by molar-refractivity contribution is -0.139. The van der Waals surface area contributed by atoms with Crippen molar-refractivity contribution in [3.05, 3.63) is 119 Å². The molecular weight excluding hydrogens is 530 g/mol. The van der Waals surface area contributed by atoms with E-state index in [0.29, 0.717) is 35.8 Å². The highest BCUT2D eigenvalue weighted by atomic mass is 16.5. The number of hydrogen-bond donors (Lipinski definition) is 1. The van der Waals surface area contributed by atoms with Crippen molar-refractivity contribution in [3.8, 4) is 23.0 Å². The number of aromatic amines is 1. The van der Waals surface area contributed by atoms with Crippen molar-refractivity contribution in [3.63, 3.8) is 0 Å². The van der Waals surface area contributed by atoms with Crippen molar-refractivity contribution in [1.82, 2.24) is 4.98 Å². The van der Waals surface area contributed by atoms with Crippen LogP contribution in [0.2, 0.25) is 0 Å². The summed E-state index contributed by atoms with van der Waals surface area (Å²) in [6.45, 7) is 2.65. The average Bonchev–Trinajstić information content (AvgIpc) is 3.41. The Labute approximate surface area is 245 Å². The molecule has 0 aliphatic rings. The molecule has 7 nitrogen and oxygen atoms in total. The molecule has 0 fully saturated rings. The Kier molecular flexibility index (Phi) is 9.19. The summed E-state index contributed by atoms with van der Waals surface area (Å²) in [7, 11) is 1.40. The van der Waals surface area contributed by atoms with Gasteiger partial charge in [0, 0.05) is 17.6 Å². The van der Waals surface area contributed by atoms with E-state index in [1.807, 2.05) is 42.5 Å². The normalized spacial score (nSPS) is 10.8. The summed E-state index contributed by atoms with van der Waals surface area (Å²) < 4.78 is 22.5. The third kappa shape index (κ3) is 7.37. The molecule has 0 amide bonds. The molecule has 0 saturated carbocycles. The molecule has 5 aromatic rings. The molecule has 0 radical (unpaired) electrons. The van der Waals surface area contributed by atoms with Crippen molar-refractivity contribution < 1.29 is 28.5 Å². The molecule has 0 aliphatic carbocycles. The van der Waals surface area contributed by atoms with Crippen LogP contribution >= 0.6 is 0 Å². The van der Waals surface area contributed by atoms with Crippen molar-refractivity contribution in [2.75, 3.05) is 13.7 Å². The fourth-order valence-corrected chi connectivity index (χ4v) is 4.67. The minimum atomic E-state index is -0.404. The largest absolute Gasteiger partial charge is 0.493 e. The summed E-state index contributed by atoms with van der Waals surface area (Å²) >= 11 is 0. The van der Waals surface area contributed by atoms with Gasteiger partial charge in [0.05, 0.1) is 25.7 Å². The number of hydrogen-bond acceptors (Lipinski definition) is 6. The van der Waals surface area contributed by atoms with E-state index in [1.165, 1.54) is 7.11 Å². The number of aryl methyl sites for hydroxylation is 1. The number of methoxy groups -OCH3 is 1. The number of rotatable bonds is 12. The zero-order valence-corrected chi connectivity index (χ0v) is 23.7. The van der Waals surface area contributed by atoms with Crippen LogP contribution in [0.25, 0.3) is 10.9 Å². The topological polar surface area (TPSA) is 86.8 Å². The second kappa shape index (κ2) is 13.5. The monoisotopic (exact) mass is 563 g/mol. The van der Waals surface area contributed by atoms with Gasteiger partial charge >= 0.3 is 11.9 Å². The van der Waals surface area contributed by atoms with E-state index in [-0.39, 0.29) is 12.4 Å². The first-order valence-electron chi connectivity index (χ1n) is 14.0. The second-order valence-electron chi connectivity index (χ2n) is 9.92. The summed E-state index contributed by atoms with van der Waals surface area (Å²) in [5.41, 5.74) is 4.58. The van der Waals surface area contributed by atoms with Gasteiger partial charge in [-0.05, 0) is 95.7 Å². The molecular formula is C35H33NO6. The lowest BCUT2D eigenvalue weighted by Crippen LogP contribution is -2.07. The lowest BCUT2D eigenvalue weighted by Gasteiger charge is -2.14. The smallest absolute Gasteiger partial charge is 0.343 e. The fourth-order valence-electron chi connectivity index (χ4n) is 4.67. The van der Waals surface area contributed by atoms with Crippen LogP contribution in [0.4, 0.5) is 0 Å². The van der Waals surface area contributed by atoms with Crippen molar-refractivity contribution >= 4 is 22.8 Å². The van der Waals surface area contributed by atoms with Gasteiger partial charge in [0.2, 0.25) is 0 Å². The summed E-state index contributed by atoms with van der Waals surface area (Å²) in [5, 5.41) is 1.06. The number of H-pyrrole nitrogens is 1. The SMILES string of the molecule is CCCc1cc(Oc2ccc(OC(=O)c3ccccc3)cc2)ccc1OCCc1cc2cc(CC(=O)OC)ccc2[nH]1. The Balaban J connectivity index is 1.18. The van der Waals surface area contributed by atoms with Crippen LogP contribution in [0.5, 0.6) is 23.0 Å². The number of fused-ring (bicyclic) bond motifs is 1. The molecule has 1 heterocycles. The molecule has 214 valence electrons. The molecule has 42 heavy (non-hydrogen) atoms. The molecule has 0 atom stereocenters. The zero-order chi connectivity index (χ0) is 29.3. The Morgan fingerprint density at radius 3 is 2.31 bits per heavy atom. The van der Waals surface area contributed by atoms with Crippen LogP contribution in [-0.4, -0.2) is 30.6 Å². The third-order valence-corrected chi connectivity index (χ3v) is 6.78. The minimum absolute atomic E-state index is 0.252. The molecule has 0 saturated heterocycles. The van der Waals surface area contributed by atoms with E-state index in [1.54, 1.807) is 48.5 Å². The fraction of sp³-hybridized carbons (Fsp3) is 0.200. The van der Waals surface area contributed by atoms with Gasteiger partial charge in [-0.2, -0.15) is 0 Å². The van der Waals surface area contributed by atoms with Gasteiger partial charge in [-0.1, -0.05) is 37.6 Å². The number of carbonyl (C=O) groups excluding carboxylic acids is 2. The van der Waals surface area contributed by atoms with Crippen LogP contribution in [0, 0.1) is 0 Å². The summed E-state index contributed by atoms with van der Waals surface area (Å²) in [6, 6.07) is 29.7. The number of aromatic nitrogens is 1. The number of benzene rings is 4. The van der Waals surface area contributed by atoms with Gasteiger partial charge in [0.25, 0.3) is 0 Å². The third-order valence-electron chi connectivity index (χ3n) is 6.78. The molecule has 0 aliphatic heterocycles. The van der Waals surface area contributed by atoms with Crippen LogP contribution in [0.3, 0.4) is 0 Å². The Morgan fingerprint density at radius 1 is 0.786 bits per heavy atom.